The third-order valence-electron chi connectivity index (χ3n) is 3.32. The molecule has 2 rings (SSSR count). The van der Waals surface area contributed by atoms with E-state index < -0.39 is 5.60 Å². The van der Waals surface area contributed by atoms with E-state index in [9.17, 15) is 9.90 Å². The van der Waals surface area contributed by atoms with Crippen molar-refractivity contribution in [2.24, 2.45) is 5.92 Å². The number of amides is 2. The molecule has 1 saturated carbocycles. The maximum absolute atomic E-state index is 12.3. The molecular formula is C16H24N2O2. The van der Waals surface area contributed by atoms with Crippen molar-refractivity contribution in [2.75, 3.05) is 13.1 Å². The van der Waals surface area contributed by atoms with E-state index in [1.165, 1.54) is 12.8 Å². The predicted octanol–water partition coefficient (Wildman–Crippen LogP) is 2.38. The minimum Gasteiger partial charge on any atom is -0.389 e. The summed E-state index contributed by atoms with van der Waals surface area (Å²) in [6, 6.07) is 9.76. The number of aliphatic hydroxyl groups is 1. The Morgan fingerprint density at radius 1 is 1.35 bits per heavy atom. The van der Waals surface area contributed by atoms with Gasteiger partial charge in [0, 0.05) is 13.1 Å². The second-order valence-corrected chi connectivity index (χ2v) is 6.28. The highest BCUT2D eigenvalue weighted by atomic mass is 16.3. The van der Waals surface area contributed by atoms with Gasteiger partial charge in [-0.2, -0.15) is 0 Å². The van der Waals surface area contributed by atoms with Gasteiger partial charge in [-0.15, -0.1) is 0 Å². The minimum absolute atomic E-state index is 0.0946. The SMILES string of the molecule is CC(C)(O)CN(Cc1ccccc1)C(=O)NCC1CC1. The normalized spacial score (nSPS) is 14.9. The second kappa shape index (κ2) is 6.27. The molecule has 0 atom stereocenters. The maximum Gasteiger partial charge on any atom is 0.317 e. The fourth-order valence-electron chi connectivity index (χ4n) is 2.14. The summed E-state index contributed by atoms with van der Waals surface area (Å²) in [6.45, 7) is 5.02. The minimum atomic E-state index is -0.897. The zero-order chi connectivity index (χ0) is 14.6. The molecule has 2 N–H and O–H groups in total. The molecule has 0 radical (unpaired) electrons. The van der Waals surface area contributed by atoms with Crippen LogP contribution in [0.25, 0.3) is 0 Å². The lowest BCUT2D eigenvalue weighted by molar-refractivity contribution is 0.0446. The Morgan fingerprint density at radius 3 is 2.55 bits per heavy atom. The van der Waals surface area contributed by atoms with Crippen LogP contribution in [0.4, 0.5) is 4.79 Å². The third-order valence-corrected chi connectivity index (χ3v) is 3.32. The Bertz CT molecular complexity index is 436. The van der Waals surface area contributed by atoms with Gasteiger partial charge in [0.2, 0.25) is 0 Å². The highest BCUT2D eigenvalue weighted by Gasteiger charge is 2.25. The lowest BCUT2D eigenvalue weighted by atomic mass is 10.1. The first-order valence-corrected chi connectivity index (χ1v) is 7.23. The molecule has 0 aromatic heterocycles. The van der Waals surface area contributed by atoms with Gasteiger partial charge in [-0.05, 0) is 38.2 Å². The Labute approximate surface area is 120 Å². The Balaban J connectivity index is 1.97. The fourth-order valence-corrected chi connectivity index (χ4v) is 2.14. The lowest BCUT2D eigenvalue weighted by Gasteiger charge is -2.29. The molecule has 4 heteroatoms. The first-order valence-electron chi connectivity index (χ1n) is 7.23. The average Bonchev–Trinajstić information content (AvgIpc) is 3.19. The van der Waals surface area contributed by atoms with E-state index in [2.05, 4.69) is 5.32 Å². The summed E-state index contributed by atoms with van der Waals surface area (Å²) in [7, 11) is 0. The first kappa shape index (κ1) is 14.9. The molecule has 0 bridgehead atoms. The van der Waals surface area contributed by atoms with Crippen molar-refractivity contribution in [3.63, 3.8) is 0 Å². The van der Waals surface area contributed by atoms with Crippen molar-refractivity contribution >= 4 is 6.03 Å². The molecule has 2 amide bonds. The van der Waals surface area contributed by atoms with E-state index in [4.69, 9.17) is 0 Å². The average molecular weight is 276 g/mol. The van der Waals surface area contributed by atoms with Crippen LogP contribution in [0.2, 0.25) is 0 Å². The molecule has 20 heavy (non-hydrogen) atoms. The molecule has 110 valence electrons. The van der Waals surface area contributed by atoms with Gasteiger partial charge in [0.1, 0.15) is 0 Å². The second-order valence-electron chi connectivity index (χ2n) is 6.28. The number of carbonyl (C=O) groups is 1. The standard InChI is InChI=1S/C16H24N2O2/c1-16(2,20)12-18(11-14-6-4-3-5-7-14)15(19)17-10-13-8-9-13/h3-7,13,20H,8-12H2,1-2H3,(H,17,19). The van der Waals surface area contributed by atoms with Gasteiger partial charge < -0.3 is 15.3 Å². The summed E-state index contributed by atoms with van der Waals surface area (Å²) in [4.78, 5) is 13.9. The molecule has 0 heterocycles. The summed E-state index contributed by atoms with van der Waals surface area (Å²) in [5.74, 6) is 0.652. The molecule has 4 nitrogen and oxygen atoms in total. The summed E-state index contributed by atoms with van der Waals surface area (Å²) in [5.41, 5.74) is 0.171. The van der Waals surface area contributed by atoms with Crippen LogP contribution in [0.15, 0.2) is 30.3 Å². The molecule has 1 aliphatic rings. The molecule has 0 spiro atoms. The van der Waals surface area contributed by atoms with Crippen molar-refractivity contribution in [3.8, 4) is 0 Å². The van der Waals surface area contributed by atoms with Crippen molar-refractivity contribution < 1.29 is 9.90 Å². The third kappa shape index (κ3) is 5.21. The van der Waals surface area contributed by atoms with Gasteiger partial charge in [0.05, 0.1) is 12.1 Å². The smallest absolute Gasteiger partial charge is 0.317 e. The number of benzene rings is 1. The summed E-state index contributed by atoms with van der Waals surface area (Å²) < 4.78 is 0. The summed E-state index contributed by atoms with van der Waals surface area (Å²) in [5, 5.41) is 12.9. The van der Waals surface area contributed by atoms with Gasteiger partial charge in [-0.25, -0.2) is 4.79 Å². The van der Waals surface area contributed by atoms with Crippen LogP contribution in [0, 0.1) is 5.92 Å². The number of urea groups is 1. The molecule has 0 unspecified atom stereocenters. The number of nitrogens with one attached hydrogen (secondary N) is 1. The maximum atomic E-state index is 12.3. The number of rotatable bonds is 6. The van der Waals surface area contributed by atoms with Crippen LogP contribution in [0.3, 0.4) is 0 Å². The molecule has 1 aromatic carbocycles. The van der Waals surface area contributed by atoms with E-state index in [-0.39, 0.29) is 6.03 Å². The van der Waals surface area contributed by atoms with Gasteiger partial charge in [-0.1, -0.05) is 30.3 Å². The Morgan fingerprint density at radius 2 is 2.00 bits per heavy atom. The Hall–Kier alpha value is -1.55. The zero-order valence-electron chi connectivity index (χ0n) is 12.3. The van der Waals surface area contributed by atoms with Crippen molar-refractivity contribution in [2.45, 2.75) is 38.8 Å². The number of hydrogen-bond acceptors (Lipinski definition) is 2. The summed E-state index contributed by atoms with van der Waals surface area (Å²) in [6.07, 6.45) is 2.43. The van der Waals surface area contributed by atoms with E-state index in [1.807, 2.05) is 30.3 Å². The highest BCUT2D eigenvalue weighted by Crippen LogP contribution is 2.27. The van der Waals surface area contributed by atoms with Crippen LogP contribution < -0.4 is 5.32 Å². The van der Waals surface area contributed by atoms with Gasteiger partial charge in [-0.3, -0.25) is 0 Å². The zero-order valence-corrected chi connectivity index (χ0v) is 12.3. The van der Waals surface area contributed by atoms with E-state index >= 15 is 0 Å². The number of hydrogen-bond donors (Lipinski definition) is 2. The molecule has 1 aromatic rings. The van der Waals surface area contributed by atoms with Crippen LogP contribution in [0.1, 0.15) is 32.3 Å². The van der Waals surface area contributed by atoms with Gasteiger partial charge in [0.15, 0.2) is 0 Å². The fraction of sp³-hybridized carbons (Fsp3) is 0.562. The quantitative estimate of drug-likeness (QED) is 0.838. The van der Waals surface area contributed by atoms with Gasteiger partial charge >= 0.3 is 6.03 Å². The molecule has 0 aliphatic heterocycles. The molecule has 1 fully saturated rings. The first-order chi connectivity index (χ1) is 9.44. The van der Waals surface area contributed by atoms with E-state index in [0.717, 1.165) is 12.1 Å². The van der Waals surface area contributed by atoms with E-state index in [1.54, 1.807) is 18.7 Å². The number of nitrogens with zero attached hydrogens (tertiary/aromatic N) is 1. The Kier molecular flexibility index (Phi) is 4.65. The van der Waals surface area contributed by atoms with Crippen molar-refractivity contribution in [1.82, 2.24) is 10.2 Å². The van der Waals surface area contributed by atoms with Crippen molar-refractivity contribution in [1.29, 1.82) is 0 Å². The predicted molar refractivity (Wildman–Crippen MR) is 79.3 cm³/mol. The van der Waals surface area contributed by atoms with Crippen LogP contribution in [-0.4, -0.2) is 34.7 Å². The molecule has 1 aliphatic carbocycles. The monoisotopic (exact) mass is 276 g/mol. The highest BCUT2D eigenvalue weighted by molar-refractivity contribution is 5.74. The molecule has 0 saturated heterocycles. The van der Waals surface area contributed by atoms with Crippen LogP contribution in [-0.2, 0) is 6.54 Å². The number of carbonyl (C=O) groups excluding carboxylic acids is 1. The van der Waals surface area contributed by atoms with Crippen LogP contribution in [0.5, 0.6) is 0 Å². The molecular weight excluding hydrogens is 252 g/mol. The van der Waals surface area contributed by atoms with E-state index in [0.29, 0.717) is 19.0 Å². The summed E-state index contributed by atoms with van der Waals surface area (Å²) >= 11 is 0. The van der Waals surface area contributed by atoms with Gasteiger partial charge in [0.25, 0.3) is 0 Å². The lowest BCUT2D eigenvalue weighted by Crippen LogP contribution is -2.46. The van der Waals surface area contributed by atoms with Crippen LogP contribution >= 0.6 is 0 Å². The van der Waals surface area contributed by atoms with Crippen molar-refractivity contribution in [3.05, 3.63) is 35.9 Å². The topological polar surface area (TPSA) is 52.6 Å². The largest absolute Gasteiger partial charge is 0.389 e.